The summed E-state index contributed by atoms with van der Waals surface area (Å²) in [6.07, 6.45) is 0. The number of rotatable bonds is 9. The summed E-state index contributed by atoms with van der Waals surface area (Å²) < 4.78 is 29.9. The van der Waals surface area contributed by atoms with E-state index < -0.39 is 22.1 Å². The lowest BCUT2D eigenvalue weighted by Crippen LogP contribution is -2.44. The van der Waals surface area contributed by atoms with Gasteiger partial charge in [0.1, 0.15) is 0 Å². The Kier molecular flexibility index (Phi) is 8.48. The highest BCUT2D eigenvalue weighted by Gasteiger charge is 2.30. The van der Waals surface area contributed by atoms with E-state index in [2.05, 4.69) is 15.4 Å². The van der Waals surface area contributed by atoms with Crippen LogP contribution in [-0.2, 0) is 16.6 Å². The largest absolute Gasteiger partial charge is 0.359 e. The molecule has 2 atom stereocenters. The molecule has 7 heteroatoms. The van der Waals surface area contributed by atoms with Gasteiger partial charge < -0.3 is 10.6 Å². The van der Waals surface area contributed by atoms with Crippen molar-refractivity contribution >= 4 is 27.4 Å². The minimum absolute atomic E-state index is 0.214. The van der Waals surface area contributed by atoms with Crippen molar-refractivity contribution in [2.24, 2.45) is 0 Å². The van der Waals surface area contributed by atoms with Gasteiger partial charge in [0, 0.05) is 6.54 Å². The van der Waals surface area contributed by atoms with Crippen LogP contribution in [-0.4, -0.2) is 13.5 Å². The molecule has 0 unspecified atom stereocenters. The maximum Gasteiger partial charge on any atom is 0.241 e. The number of nitrogens with one attached hydrogen (secondary N) is 3. The van der Waals surface area contributed by atoms with E-state index in [0.29, 0.717) is 11.7 Å². The lowest BCUT2D eigenvalue weighted by molar-refractivity contribution is 0.472. The van der Waals surface area contributed by atoms with Crippen molar-refractivity contribution in [1.82, 2.24) is 15.4 Å². The Labute approximate surface area is 218 Å². The molecule has 0 aliphatic carbocycles. The Balaban J connectivity index is 1.66. The normalized spacial score (nSPS) is 12.9. The van der Waals surface area contributed by atoms with Crippen LogP contribution in [0.1, 0.15) is 34.3 Å². The molecule has 0 radical (unpaired) electrons. The minimum Gasteiger partial charge on any atom is -0.359 e. The summed E-state index contributed by atoms with van der Waals surface area (Å²) in [7, 11) is -3.82. The molecular weight excluding hydrogens is 486 g/mol. The molecule has 0 fully saturated rings. The topological polar surface area (TPSA) is 70.2 Å². The second kappa shape index (κ2) is 11.9. The smallest absolute Gasteiger partial charge is 0.241 e. The van der Waals surface area contributed by atoms with Crippen molar-refractivity contribution in [3.63, 3.8) is 0 Å². The SMILES string of the molecule is Cc1ccc(S(=O)(=O)N[C@H](c2ccccc2)[C@H](NC(=S)NCc2ccccc2)c2ccccc2)cc1. The van der Waals surface area contributed by atoms with Gasteiger partial charge in [0.25, 0.3) is 0 Å². The fraction of sp³-hybridized carbons (Fsp3) is 0.138. The van der Waals surface area contributed by atoms with E-state index in [1.54, 1.807) is 24.3 Å². The number of thiocarbonyl (C=S) groups is 1. The second-order valence-corrected chi connectivity index (χ2v) is 10.6. The maximum absolute atomic E-state index is 13.5. The summed E-state index contributed by atoms with van der Waals surface area (Å²) in [4.78, 5) is 0.214. The Hall–Kier alpha value is -3.52. The monoisotopic (exact) mass is 515 g/mol. The molecule has 0 amide bonds. The first-order valence-electron chi connectivity index (χ1n) is 11.7. The van der Waals surface area contributed by atoms with E-state index in [9.17, 15) is 8.42 Å². The molecule has 0 aromatic heterocycles. The van der Waals surface area contributed by atoms with Gasteiger partial charge >= 0.3 is 0 Å². The summed E-state index contributed by atoms with van der Waals surface area (Å²) in [5.41, 5.74) is 3.81. The fourth-order valence-corrected chi connectivity index (χ4v) is 5.37. The highest BCUT2D eigenvalue weighted by atomic mass is 32.2. The van der Waals surface area contributed by atoms with Crippen LogP contribution in [0.15, 0.2) is 120 Å². The van der Waals surface area contributed by atoms with Gasteiger partial charge in [-0.25, -0.2) is 13.1 Å². The van der Waals surface area contributed by atoms with Crippen LogP contribution in [0.25, 0.3) is 0 Å². The Morgan fingerprint density at radius 2 is 1.22 bits per heavy atom. The predicted octanol–water partition coefficient (Wildman–Crippen LogP) is 5.42. The van der Waals surface area contributed by atoms with Crippen LogP contribution in [0.5, 0.6) is 0 Å². The highest BCUT2D eigenvalue weighted by molar-refractivity contribution is 7.89. The van der Waals surface area contributed by atoms with E-state index in [4.69, 9.17) is 12.2 Å². The number of benzene rings is 4. The third-order valence-corrected chi connectivity index (χ3v) is 7.57. The lowest BCUT2D eigenvalue weighted by atomic mass is 9.94. The Morgan fingerprint density at radius 1 is 0.722 bits per heavy atom. The molecular formula is C29H29N3O2S2. The first-order chi connectivity index (χ1) is 17.4. The first-order valence-corrected chi connectivity index (χ1v) is 13.6. The lowest BCUT2D eigenvalue weighted by Gasteiger charge is -2.31. The van der Waals surface area contributed by atoms with Crippen molar-refractivity contribution in [3.05, 3.63) is 138 Å². The van der Waals surface area contributed by atoms with Crippen LogP contribution >= 0.6 is 12.2 Å². The summed E-state index contributed by atoms with van der Waals surface area (Å²) in [5, 5.41) is 7.06. The molecule has 0 heterocycles. The van der Waals surface area contributed by atoms with Crippen LogP contribution in [0, 0.1) is 6.92 Å². The molecule has 0 saturated carbocycles. The Morgan fingerprint density at radius 3 is 1.78 bits per heavy atom. The number of aryl methyl sites for hydroxylation is 1. The van der Waals surface area contributed by atoms with Crippen molar-refractivity contribution in [2.45, 2.75) is 30.4 Å². The molecule has 0 bridgehead atoms. The van der Waals surface area contributed by atoms with Gasteiger partial charge in [-0.05, 0) is 48.0 Å². The van der Waals surface area contributed by atoms with Crippen LogP contribution in [0.2, 0.25) is 0 Å². The zero-order valence-corrected chi connectivity index (χ0v) is 21.6. The number of hydrogen-bond donors (Lipinski definition) is 3. The predicted molar refractivity (Wildman–Crippen MR) is 149 cm³/mol. The number of sulfonamides is 1. The van der Waals surface area contributed by atoms with E-state index in [-0.39, 0.29) is 4.90 Å². The highest BCUT2D eigenvalue weighted by Crippen LogP contribution is 2.31. The summed E-state index contributed by atoms with van der Waals surface area (Å²) >= 11 is 5.65. The van der Waals surface area contributed by atoms with E-state index >= 15 is 0 Å². The van der Waals surface area contributed by atoms with Crippen molar-refractivity contribution < 1.29 is 8.42 Å². The summed E-state index contributed by atoms with van der Waals surface area (Å²) in [5.74, 6) is 0. The van der Waals surface area contributed by atoms with E-state index in [1.807, 2.05) is 97.9 Å². The maximum atomic E-state index is 13.5. The van der Waals surface area contributed by atoms with Crippen LogP contribution in [0.3, 0.4) is 0 Å². The van der Waals surface area contributed by atoms with Crippen LogP contribution in [0.4, 0.5) is 0 Å². The van der Waals surface area contributed by atoms with Gasteiger partial charge in [-0.15, -0.1) is 0 Å². The van der Waals surface area contributed by atoms with Crippen LogP contribution < -0.4 is 15.4 Å². The van der Waals surface area contributed by atoms with E-state index in [0.717, 1.165) is 22.3 Å². The molecule has 5 nitrogen and oxygen atoms in total. The van der Waals surface area contributed by atoms with Gasteiger partial charge in [-0.3, -0.25) is 0 Å². The van der Waals surface area contributed by atoms with Gasteiger partial charge in [-0.2, -0.15) is 0 Å². The molecule has 0 aliphatic heterocycles. The van der Waals surface area contributed by atoms with Gasteiger partial charge in [-0.1, -0.05) is 109 Å². The zero-order valence-electron chi connectivity index (χ0n) is 20.0. The Bertz CT molecular complexity index is 1360. The number of hydrogen-bond acceptors (Lipinski definition) is 3. The molecule has 4 rings (SSSR count). The molecule has 0 aliphatic rings. The molecule has 3 N–H and O–H groups in total. The van der Waals surface area contributed by atoms with Gasteiger partial charge in [0.2, 0.25) is 10.0 Å². The molecule has 184 valence electrons. The third-order valence-electron chi connectivity index (χ3n) is 5.85. The summed E-state index contributed by atoms with van der Waals surface area (Å²) in [6.45, 7) is 2.48. The molecule has 0 saturated heterocycles. The standard InChI is InChI=1S/C29H29N3O2S2/c1-22-17-19-26(20-18-22)36(33,34)32-28(25-15-9-4-10-16-25)27(24-13-7-3-8-14-24)31-29(35)30-21-23-11-5-2-6-12-23/h2-20,27-28,32H,21H2,1H3,(H2,30,31,35)/t27-,28-/m1/s1. The fourth-order valence-electron chi connectivity index (χ4n) is 3.93. The van der Waals surface area contributed by atoms with Gasteiger partial charge in [0.05, 0.1) is 17.0 Å². The van der Waals surface area contributed by atoms with Crippen molar-refractivity contribution in [1.29, 1.82) is 0 Å². The van der Waals surface area contributed by atoms with Crippen molar-refractivity contribution in [3.8, 4) is 0 Å². The average Bonchev–Trinajstić information content (AvgIpc) is 2.91. The minimum atomic E-state index is -3.82. The molecule has 36 heavy (non-hydrogen) atoms. The third kappa shape index (κ3) is 6.79. The average molecular weight is 516 g/mol. The molecule has 4 aromatic carbocycles. The van der Waals surface area contributed by atoms with Gasteiger partial charge in [0.15, 0.2) is 5.11 Å². The molecule has 0 spiro atoms. The summed E-state index contributed by atoms with van der Waals surface area (Å²) in [6, 6.07) is 35.0. The quantitative estimate of drug-likeness (QED) is 0.260. The zero-order chi connectivity index (χ0) is 25.4. The van der Waals surface area contributed by atoms with Crippen molar-refractivity contribution in [2.75, 3.05) is 0 Å². The second-order valence-electron chi connectivity index (χ2n) is 8.52. The first kappa shape index (κ1) is 25.6. The molecule has 4 aromatic rings. The van der Waals surface area contributed by atoms with E-state index in [1.165, 1.54) is 0 Å².